The van der Waals surface area contributed by atoms with E-state index in [-0.39, 0.29) is 5.84 Å². The molecule has 3 N–H and O–H groups in total. The van der Waals surface area contributed by atoms with Gasteiger partial charge in [-0.15, -0.1) is 0 Å². The van der Waals surface area contributed by atoms with Crippen LogP contribution in [0.3, 0.4) is 0 Å². The summed E-state index contributed by atoms with van der Waals surface area (Å²) in [5, 5.41) is 8.33. The summed E-state index contributed by atoms with van der Waals surface area (Å²) >= 11 is 6.06. The van der Waals surface area contributed by atoms with Crippen molar-refractivity contribution in [3.8, 4) is 0 Å². The number of amidine groups is 1. The van der Waals surface area contributed by atoms with Gasteiger partial charge in [0.15, 0.2) is 0 Å². The lowest BCUT2D eigenvalue weighted by molar-refractivity contribution is 0.396. The van der Waals surface area contributed by atoms with Gasteiger partial charge in [-0.25, -0.2) is 0 Å². The van der Waals surface area contributed by atoms with Crippen molar-refractivity contribution in [1.82, 2.24) is 4.90 Å². The van der Waals surface area contributed by atoms with Gasteiger partial charge in [0.05, 0.1) is 0 Å². The summed E-state index contributed by atoms with van der Waals surface area (Å²) in [6, 6.07) is 5.48. The van der Waals surface area contributed by atoms with E-state index < -0.39 is 0 Å². The number of nitrogens with two attached hydrogens (primary N) is 1. The third kappa shape index (κ3) is 3.39. The van der Waals surface area contributed by atoms with Gasteiger partial charge in [-0.05, 0) is 44.1 Å². The maximum atomic E-state index is 7.66. The fourth-order valence-electron chi connectivity index (χ4n) is 2.71. The minimum Gasteiger partial charge on any atom is -0.384 e. The molecular formula is C14H21ClN4. The first-order valence-electron chi connectivity index (χ1n) is 6.51. The van der Waals surface area contributed by atoms with Gasteiger partial charge in [0.2, 0.25) is 0 Å². The second kappa shape index (κ2) is 5.80. The predicted molar refractivity (Wildman–Crippen MR) is 81.3 cm³/mol. The average molecular weight is 281 g/mol. The smallest absolute Gasteiger partial charge is 0.124 e. The Labute approximate surface area is 119 Å². The molecule has 0 spiro atoms. The molecule has 5 heteroatoms. The largest absolute Gasteiger partial charge is 0.384 e. The predicted octanol–water partition coefficient (Wildman–Crippen LogP) is 2.01. The van der Waals surface area contributed by atoms with E-state index in [1.165, 1.54) is 6.42 Å². The molecule has 1 aromatic carbocycles. The summed E-state index contributed by atoms with van der Waals surface area (Å²) in [6.07, 6.45) is 1.22. The van der Waals surface area contributed by atoms with Crippen molar-refractivity contribution >= 4 is 23.1 Å². The Hall–Kier alpha value is -1.26. The molecule has 104 valence electrons. The summed E-state index contributed by atoms with van der Waals surface area (Å²) in [5.74, 6) is 0.746. The fraction of sp³-hybridized carbons (Fsp3) is 0.500. The molecule has 2 rings (SSSR count). The van der Waals surface area contributed by atoms with Crippen LogP contribution in [-0.2, 0) is 0 Å². The Kier molecular flexibility index (Phi) is 4.32. The zero-order valence-corrected chi connectivity index (χ0v) is 12.2. The van der Waals surface area contributed by atoms with Gasteiger partial charge in [-0.1, -0.05) is 11.6 Å². The molecule has 19 heavy (non-hydrogen) atoms. The van der Waals surface area contributed by atoms with Crippen LogP contribution < -0.4 is 10.6 Å². The van der Waals surface area contributed by atoms with Crippen molar-refractivity contribution in [2.45, 2.75) is 6.42 Å². The summed E-state index contributed by atoms with van der Waals surface area (Å²) in [5.41, 5.74) is 7.33. The lowest BCUT2D eigenvalue weighted by atomic mass is 10.1. The lowest BCUT2D eigenvalue weighted by Crippen LogP contribution is -2.29. The Morgan fingerprint density at radius 3 is 2.89 bits per heavy atom. The number of likely N-dealkylation sites (tertiary alicyclic amines) is 1. The van der Waals surface area contributed by atoms with Crippen molar-refractivity contribution in [1.29, 1.82) is 5.41 Å². The fourth-order valence-corrected chi connectivity index (χ4v) is 2.88. The van der Waals surface area contributed by atoms with Gasteiger partial charge in [-0.3, -0.25) is 5.41 Å². The molecule has 4 nitrogen and oxygen atoms in total. The lowest BCUT2D eigenvalue weighted by Gasteiger charge is -2.25. The number of halogens is 1. The van der Waals surface area contributed by atoms with Gasteiger partial charge < -0.3 is 15.5 Å². The highest BCUT2D eigenvalue weighted by Gasteiger charge is 2.22. The van der Waals surface area contributed by atoms with Crippen molar-refractivity contribution in [2.24, 2.45) is 11.7 Å². The Balaban J connectivity index is 2.15. The Morgan fingerprint density at radius 2 is 2.32 bits per heavy atom. The molecule has 1 saturated heterocycles. The molecule has 0 saturated carbocycles. The minimum absolute atomic E-state index is 0.0852. The highest BCUT2D eigenvalue weighted by molar-refractivity contribution is 6.31. The number of anilines is 1. The third-order valence-corrected chi connectivity index (χ3v) is 3.92. The van der Waals surface area contributed by atoms with Crippen LogP contribution in [0, 0.1) is 11.3 Å². The number of hydrogen-bond acceptors (Lipinski definition) is 3. The summed E-state index contributed by atoms with van der Waals surface area (Å²) in [7, 11) is 4.19. The highest BCUT2D eigenvalue weighted by Crippen LogP contribution is 2.26. The molecule has 0 aromatic heterocycles. The van der Waals surface area contributed by atoms with Gasteiger partial charge in [0.1, 0.15) is 5.84 Å². The molecular weight excluding hydrogens is 260 g/mol. The second-order valence-corrected chi connectivity index (χ2v) is 5.81. The number of rotatable bonds is 4. The second-order valence-electron chi connectivity index (χ2n) is 5.37. The maximum Gasteiger partial charge on any atom is 0.124 e. The van der Waals surface area contributed by atoms with E-state index in [0.717, 1.165) is 30.9 Å². The molecule has 1 aromatic rings. The third-order valence-electron chi connectivity index (χ3n) is 3.68. The quantitative estimate of drug-likeness (QED) is 0.655. The van der Waals surface area contributed by atoms with Crippen LogP contribution in [0.5, 0.6) is 0 Å². The molecule has 1 aliphatic rings. The van der Waals surface area contributed by atoms with Gasteiger partial charge >= 0.3 is 0 Å². The maximum absolute atomic E-state index is 7.66. The van der Waals surface area contributed by atoms with Crippen LogP contribution in [0.2, 0.25) is 5.02 Å². The first kappa shape index (κ1) is 14.2. The van der Waals surface area contributed by atoms with Crippen LogP contribution in [0.1, 0.15) is 12.0 Å². The first-order valence-corrected chi connectivity index (χ1v) is 6.89. The molecule has 0 amide bonds. The van der Waals surface area contributed by atoms with E-state index in [9.17, 15) is 0 Å². The minimum atomic E-state index is 0.0852. The van der Waals surface area contributed by atoms with Gasteiger partial charge in [0.25, 0.3) is 0 Å². The molecule has 1 unspecified atom stereocenters. The van der Waals surface area contributed by atoms with Crippen LogP contribution >= 0.6 is 11.6 Å². The van der Waals surface area contributed by atoms with Crippen molar-refractivity contribution < 1.29 is 0 Å². The average Bonchev–Trinajstić information content (AvgIpc) is 2.74. The van der Waals surface area contributed by atoms with Crippen molar-refractivity contribution in [3.05, 3.63) is 28.8 Å². The van der Waals surface area contributed by atoms with Crippen molar-refractivity contribution in [2.75, 3.05) is 38.6 Å². The number of nitrogen functional groups attached to an aromatic ring is 1. The van der Waals surface area contributed by atoms with E-state index in [0.29, 0.717) is 10.9 Å². The zero-order valence-electron chi connectivity index (χ0n) is 11.5. The van der Waals surface area contributed by atoms with E-state index in [1.807, 2.05) is 19.2 Å². The van der Waals surface area contributed by atoms with Gasteiger partial charge in [-0.2, -0.15) is 0 Å². The molecule has 0 bridgehead atoms. The summed E-state index contributed by atoms with van der Waals surface area (Å²) in [6.45, 7) is 3.25. The van der Waals surface area contributed by atoms with E-state index >= 15 is 0 Å². The topological polar surface area (TPSA) is 56.4 Å². The van der Waals surface area contributed by atoms with Crippen LogP contribution in [-0.4, -0.2) is 44.5 Å². The summed E-state index contributed by atoms with van der Waals surface area (Å²) < 4.78 is 0. The van der Waals surface area contributed by atoms with E-state index in [1.54, 1.807) is 6.07 Å². The number of nitrogens with one attached hydrogen (secondary N) is 1. The standard InChI is InChI=1S/C14H21ClN4/c1-18-6-5-10(8-18)9-19(2)13-7-11(15)3-4-12(13)14(16)17/h3-4,7,10H,5-6,8-9H2,1-2H3,(H3,16,17). The number of hydrogen-bond donors (Lipinski definition) is 2. The van der Waals surface area contributed by atoms with E-state index in [2.05, 4.69) is 16.8 Å². The molecule has 1 heterocycles. The number of benzene rings is 1. The monoisotopic (exact) mass is 280 g/mol. The Bertz CT molecular complexity index is 475. The molecule has 1 atom stereocenters. The van der Waals surface area contributed by atoms with Gasteiger partial charge in [0, 0.05) is 36.4 Å². The molecule has 1 fully saturated rings. The number of nitrogens with zero attached hydrogens (tertiary/aromatic N) is 2. The SMILES string of the molecule is CN1CCC(CN(C)c2cc(Cl)ccc2C(=N)N)C1. The van der Waals surface area contributed by atoms with Crippen LogP contribution in [0.25, 0.3) is 0 Å². The van der Waals surface area contributed by atoms with E-state index in [4.69, 9.17) is 22.7 Å². The summed E-state index contributed by atoms with van der Waals surface area (Å²) in [4.78, 5) is 4.51. The van der Waals surface area contributed by atoms with Crippen molar-refractivity contribution in [3.63, 3.8) is 0 Å². The Morgan fingerprint density at radius 1 is 1.58 bits per heavy atom. The molecule has 1 aliphatic heterocycles. The van der Waals surface area contributed by atoms with Crippen LogP contribution in [0.4, 0.5) is 5.69 Å². The molecule has 0 aliphatic carbocycles. The normalized spacial score (nSPS) is 19.6. The molecule has 0 radical (unpaired) electrons. The first-order chi connectivity index (χ1) is 8.97. The highest BCUT2D eigenvalue weighted by atomic mass is 35.5. The zero-order chi connectivity index (χ0) is 14.0. The van der Waals surface area contributed by atoms with Crippen LogP contribution in [0.15, 0.2) is 18.2 Å².